The molecule has 2 rings (SSSR count). The van der Waals surface area contributed by atoms with Crippen LogP contribution in [0.5, 0.6) is 5.75 Å². The van der Waals surface area contributed by atoms with Gasteiger partial charge in [-0.3, -0.25) is 5.43 Å². The average molecular weight is 305 g/mol. The quantitative estimate of drug-likeness (QED) is 0.686. The van der Waals surface area contributed by atoms with Gasteiger partial charge in [-0.2, -0.15) is 5.10 Å². The largest absolute Gasteiger partial charge is 0.496 e. The van der Waals surface area contributed by atoms with Gasteiger partial charge in [-0.25, -0.2) is 0 Å². The molecule has 4 heteroatoms. The topological polar surface area (TPSA) is 33.6 Å². The van der Waals surface area contributed by atoms with Crippen LogP contribution in [0.4, 0.5) is 5.69 Å². The molecule has 0 aliphatic rings. The molecule has 0 aliphatic heterocycles. The van der Waals surface area contributed by atoms with E-state index in [0.717, 1.165) is 21.5 Å². The van der Waals surface area contributed by atoms with E-state index < -0.39 is 0 Å². The van der Waals surface area contributed by atoms with Gasteiger partial charge < -0.3 is 4.74 Å². The number of anilines is 1. The summed E-state index contributed by atoms with van der Waals surface area (Å²) in [6.07, 6.45) is 1.76. The lowest BCUT2D eigenvalue weighted by molar-refractivity contribution is 0.412. The van der Waals surface area contributed by atoms with Crippen LogP contribution in [0.15, 0.2) is 58.1 Å². The number of benzene rings is 2. The molecule has 0 radical (unpaired) electrons. The minimum absolute atomic E-state index is 0.808. The van der Waals surface area contributed by atoms with Crippen molar-refractivity contribution in [3.63, 3.8) is 0 Å². The molecular formula is C14H13BrN2O. The zero-order valence-corrected chi connectivity index (χ0v) is 11.5. The lowest BCUT2D eigenvalue weighted by Crippen LogP contribution is -1.91. The van der Waals surface area contributed by atoms with Gasteiger partial charge in [-0.15, -0.1) is 0 Å². The maximum atomic E-state index is 5.17. The van der Waals surface area contributed by atoms with Crippen molar-refractivity contribution in [2.75, 3.05) is 12.5 Å². The molecule has 2 aromatic rings. The Morgan fingerprint density at radius 2 is 1.94 bits per heavy atom. The second-order valence-electron chi connectivity index (χ2n) is 3.63. The van der Waals surface area contributed by atoms with Gasteiger partial charge in [0, 0.05) is 0 Å². The number of hydrogen-bond acceptors (Lipinski definition) is 3. The molecule has 0 unspecified atom stereocenters. The SMILES string of the molecule is COc1ccc(/C=N\Nc2ccccc2)cc1Br. The second-order valence-corrected chi connectivity index (χ2v) is 4.48. The molecule has 3 nitrogen and oxygen atoms in total. The number of methoxy groups -OCH3 is 1. The summed E-state index contributed by atoms with van der Waals surface area (Å²) in [6, 6.07) is 15.6. The van der Waals surface area contributed by atoms with Crippen LogP contribution in [0.25, 0.3) is 0 Å². The maximum absolute atomic E-state index is 5.17. The first-order chi connectivity index (χ1) is 8.79. The predicted molar refractivity (Wildman–Crippen MR) is 78.4 cm³/mol. The molecule has 92 valence electrons. The standard InChI is InChI=1S/C14H13BrN2O/c1-18-14-8-7-11(9-13(14)15)10-16-17-12-5-3-2-4-6-12/h2-10,17H,1H3/b16-10-. The first-order valence-electron chi connectivity index (χ1n) is 5.47. The third kappa shape index (κ3) is 3.34. The molecule has 18 heavy (non-hydrogen) atoms. The summed E-state index contributed by atoms with van der Waals surface area (Å²) in [5.41, 5.74) is 4.92. The highest BCUT2D eigenvalue weighted by molar-refractivity contribution is 9.10. The number of hydrogen-bond donors (Lipinski definition) is 1. The van der Waals surface area contributed by atoms with Gasteiger partial charge in [-0.1, -0.05) is 18.2 Å². The molecule has 0 saturated carbocycles. The van der Waals surface area contributed by atoms with Crippen LogP contribution in [0.1, 0.15) is 5.56 Å². The first-order valence-corrected chi connectivity index (χ1v) is 6.26. The van der Waals surface area contributed by atoms with Gasteiger partial charge in [0.2, 0.25) is 0 Å². The summed E-state index contributed by atoms with van der Waals surface area (Å²) in [5.74, 6) is 0.808. The van der Waals surface area contributed by atoms with Crippen molar-refractivity contribution in [2.24, 2.45) is 5.10 Å². The van der Waals surface area contributed by atoms with Crippen molar-refractivity contribution >= 4 is 27.8 Å². The van der Waals surface area contributed by atoms with Crippen molar-refractivity contribution in [2.45, 2.75) is 0 Å². The molecule has 0 heterocycles. The number of nitrogens with zero attached hydrogens (tertiary/aromatic N) is 1. The van der Waals surface area contributed by atoms with E-state index in [-0.39, 0.29) is 0 Å². The summed E-state index contributed by atoms with van der Waals surface area (Å²) in [5, 5.41) is 4.17. The molecule has 2 aromatic carbocycles. The summed E-state index contributed by atoms with van der Waals surface area (Å²) in [4.78, 5) is 0. The van der Waals surface area contributed by atoms with Gasteiger partial charge in [0.25, 0.3) is 0 Å². The Bertz CT molecular complexity index is 541. The van der Waals surface area contributed by atoms with Crippen molar-refractivity contribution in [1.82, 2.24) is 0 Å². The Morgan fingerprint density at radius 1 is 1.17 bits per heavy atom. The fourth-order valence-corrected chi connectivity index (χ4v) is 2.02. The molecule has 0 fully saturated rings. The fourth-order valence-electron chi connectivity index (χ4n) is 1.46. The number of hydrazone groups is 1. The second kappa shape index (κ2) is 6.21. The summed E-state index contributed by atoms with van der Waals surface area (Å²) < 4.78 is 6.08. The van der Waals surface area contributed by atoms with Crippen LogP contribution in [-0.4, -0.2) is 13.3 Å². The Hall–Kier alpha value is -1.81. The minimum Gasteiger partial charge on any atom is -0.496 e. The van der Waals surface area contributed by atoms with Crippen LogP contribution >= 0.6 is 15.9 Å². The van der Waals surface area contributed by atoms with E-state index in [2.05, 4.69) is 26.5 Å². The van der Waals surface area contributed by atoms with Crippen LogP contribution in [-0.2, 0) is 0 Å². The fraction of sp³-hybridized carbons (Fsp3) is 0.0714. The normalized spacial score (nSPS) is 10.6. The molecular weight excluding hydrogens is 292 g/mol. The summed E-state index contributed by atoms with van der Waals surface area (Å²) >= 11 is 3.44. The number of rotatable bonds is 4. The summed E-state index contributed by atoms with van der Waals surface area (Å²) in [6.45, 7) is 0. The van der Waals surface area contributed by atoms with Gasteiger partial charge in [0.05, 0.1) is 23.5 Å². The molecule has 0 bridgehead atoms. The predicted octanol–water partition coefficient (Wildman–Crippen LogP) is 3.90. The third-order valence-electron chi connectivity index (χ3n) is 2.36. The van der Waals surface area contributed by atoms with E-state index in [1.54, 1.807) is 13.3 Å². The van der Waals surface area contributed by atoms with Crippen molar-refractivity contribution in [1.29, 1.82) is 0 Å². The molecule has 0 saturated heterocycles. The minimum atomic E-state index is 0.808. The molecule has 0 spiro atoms. The average Bonchev–Trinajstić information content (AvgIpc) is 2.40. The zero-order chi connectivity index (χ0) is 12.8. The van der Waals surface area contributed by atoms with Crippen LogP contribution < -0.4 is 10.2 Å². The van der Waals surface area contributed by atoms with Gasteiger partial charge in [0.15, 0.2) is 0 Å². The molecule has 0 atom stereocenters. The highest BCUT2D eigenvalue weighted by atomic mass is 79.9. The Kier molecular flexibility index (Phi) is 4.36. The number of para-hydroxylation sites is 1. The first kappa shape index (κ1) is 12.6. The Balaban J connectivity index is 2.03. The van der Waals surface area contributed by atoms with E-state index >= 15 is 0 Å². The monoisotopic (exact) mass is 304 g/mol. The highest BCUT2D eigenvalue weighted by Gasteiger charge is 1.99. The summed E-state index contributed by atoms with van der Waals surface area (Å²) in [7, 11) is 1.64. The van der Waals surface area contributed by atoms with E-state index in [4.69, 9.17) is 4.74 Å². The van der Waals surface area contributed by atoms with Crippen molar-refractivity contribution in [3.8, 4) is 5.75 Å². The zero-order valence-electron chi connectivity index (χ0n) is 9.93. The van der Waals surface area contributed by atoms with E-state index in [1.165, 1.54) is 0 Å². The van der Waals surface area contributed by atoms with Gasteiger partial charge in [0.1, 0.15) is 5.75 Å². The van der Waals surface area contributed by atoms with Gasteiger partial charge in [-0.05, 0) is 51.8 Å². The Labute approximate surface area is 115 Å². The molecule has 0 amide bonds. The molecule has 1 N–H and O–H groups in total. The maximum Gasteiger partial charge on any atom is 0.133 e. The molecule has 0 aliphatic carbocycles. The van der Waals surface area contributed by atoms with E-state index in [9.17, 15) is 0 Å². The number of halogens is 1. The lowest BCUT2D eigenvalue weighted by atomic mass is 10.2. The van der Waals surface area contributed by atoms with Crippen LogP contribution in [0.3, 0.4) is 0 Å². The van der Waals surface area contributed by atoms with Crippen LogP contribution in [0, 0.1) is 0 Å². The third-order valence-corrected chi connectivity index (χ3v) is 2.98. The van der Waals surface area contributed by atoms with Crippen molar-refractivity contribution in [3.05, 3.63) is 58.6 Å². The van der Waals surface area contributed by atoms with Crippen LogP contribution in [0.2, 0.25) is 0 Å². The molecule has 0 aromatic heterocycles. The van der Waals surface area contributed by atoms with E-state index in [0.29, 0.717) is 0 Å². The number of nitrogens with one attached hydrogen (secondary N) is 1. The lowest BCUT2D eigenvalue weighted by Gasteiger charge is -2.03. The smallest absolute Gasteiger partial charge is 0.133 e. The highest BCUT2D eigenvalue weighted by Crippen LogP contribution is 2.24. The van der Waals surface area contributed by atoms with Crippen molar-refractivity contribution < 1.29 is 4.74 Å². The Morgan fingerprint density at radius 3 is 2.61 bits per heavy atom. The number of ether oxygens (including phenoxy) is 1. The van der Waals surface area contributed by atoms with E-state index in [1.807, 2.05) is 48.5 Å². The van der Waals surface area contributed by atoms with Gasteiger partial charge >= 0.3 is 0 Å².